The second-order valence-electron chi connectivity index (χ2n) is 7.76. The van der Waals surface area contributed by atoms with E-state index in [1.807, 2.05) is 32.6 Å². The van der Waals surface area contributed by atoms with Crippen LogP contribution in [0.4, 0.5) is 16.3 Å². The summed E-state index contributed by atoms with van der Waals surface area (Å²) in [6.45, 7) is 8.72. The van der Waals surface area contributed by atoms with Crippen molar-refractivity contribution >= 4 is 17.6 Å². The van der Waals surface area contributed by atoms with Crippen molar-refractivity contribution in [1.82, 2.24) is 15.1 Å². The molecule has 1 aromatic rings. The predicted molar refractivity (Wildman–Crippen MR) is 93.7 cm³/mol. The summed E-state index contributed by atoms with van der Waals surface area (Å²) in [5.74, 6) is 0.506. The lowest BCUT2D eigenvalue weighted by molar-refractivity contribution is -0.384. The Bertz CT molecular complexity index is 651. The van der Waals surface area contributed by atoms with Gasteiger partial charge in [-0.1, -0.05) is 0 Å². The van der Waals surface area contributed by atoms with Crippen LogP contribution < -0.4 is 10.2 Å². The van der Waals surface area contributed by atoms with Crippen molar-refractivity contribution in [2.75, 3.05) is 18.0 Å². The molecule has 140 valence electrons. The average molecular weight is 353 g/mol. The normalized spacial score (nSPS) is 21.6. The number of aromatic nitrogens is 2. The minimum absolute atomic E-state index is 0.00574. The molecule has 2 rings (SSSR count). The van der Waals surface area contributed by atoms with Crippen LogP contribution in [0, 0.1) is 10.1 Å². The Morgan fingerprint density at radius 2 is 2.08 bits per heavy atom. The maximum absolute atomic E-state index is 12.1. The number of carbonyl (C=O) groups excluding carboxylic acids is 1. The Labute approximate surface area is 147 Å². The molecule has 0 aromatic carbocycles. The van der Waals surface area contributed by atoms with Crippen LogP contribution in [-0.2, 0) is 11.8 Å². The van der Waals surface area contributed by atoms with Gasteiger partial charge in [-0.15, -0.1) is 0 Å². The maximum atomic E-state index is 12.1. The van der Waals surface area contributed by atoms with E-state index in [1.54, 1.807) is 7.05 Å². The molecule has 2 heterocycles. The number of carbonyl (C=O) groups is 1. The number of ether oxygens (including phenoxy) is 1. The highest BCUT2D eigenvalue weighted by atomic mass is 16.6. The number of hydrogen-bond donors (Lipinski definition) is 1. The zero-order valence-corrected chi connectivity index (χ0v) is 15.5. The molecule has 1 N–H and O–H groups in total. The van der Waals surface area contributed by atoms with E-state index in [1.165, 1.54) is 10.9 Å². The first-order chi connectivity index (χ1) is 11.5. The monoisotopic (exact) mass is 353 g/mol. The van der Waals surface area contributed by atoms with Crippen LogP contribution in [0.2, 0.25) is 0 Å². The van der Waals surface area contributed by atoms with Crippen molar-refractivity contribution in [2.24, 2.45) is 7.05 Å². The molecule has 1 aromatic heterocycles. The highest BCUT2D eigenvalue weighted by Gasteiger charge is 2.34. The quantitative estimate of drug-likeness (QED) is 0.662. The summed E-state index contributed by atoms with van der Waals surface area (Å²) in [4.78, 5) is 24.9. The van der Waals surface area contributed by atoms with E-state index in [4.69, 9.17) is 4.74 Å². The van der Waals surface area contributed by atoms with Gasteiger partial charge >= 0.3 is 11.8 Å². The van der Waals surface area contributed by atoms with Crippen LogP contribution in [0.1, 0.15) is 47.0 Å². The van der Waals surface area contributed by atoms with Crippen molar-refractivity contribution in [3.8, 4) is 0 Å². The first-order valence-corrected chi connectivity index (χ1v) is 8.43. The standard InChI is InChI=1S/C16H27N5O4/c1-15(2,3)25-14(22)18-16(4)7-6-9-20(10-8-16)13-12(21(23)24)11-17-19(13)5/h11H,6-10H2,1-5H3,(H,18,22). The van der Waals surface area contributed by atoms with Gasteiger partial charge in [0.15, 0.2) is 0 Å². The van der Waals surface area contributed by atoms with E-state index < -0.39 is 22.2 Å². The molecular formula is C16H27N5O4. The van der Waals surface area contributed by atoms with Gasteiger partial charge < -0.3 is 15.0 Å². The van der Waals surface area contributed by atoms with Crippen LogP contribution in [-0.4, -0.2) is 45.0 Å². The molecule has 9 nitrogen and oxygen atoms in total. The SMILES string of the molecule is Cn1ncc([N+](=O)[O-])c1N1CCCC(C)(NC(=O)OC(C)(C)C)CC1. The lowest BCUT2D eigenvalue weighted by Crippen LogP contribution is -2.48. The molecule has 0 saturated carbocycles. The van der Waals surface area contributed by atoms with Crippen LogP contribution in [0.5, 0.6) is 0 Å². The van der Waals surface area contributed by atoms with Crippen molar-refractivity contribution in [2.45, 2.75) is 58.1 Å². The first-order valence-electron chi connectivity index (χ1n) is 8.43. The van der Waals surface area contributed by atoms with Gasteiger partial charge in [0.25, 0.3) is 0 Å². The Kier molecular flexibility index (Phi) is 5.24. The van der Waals surface area contributed by atoms with Gasteiger partial charge in [0, 0.05) is 25.7 Å². The van der Waals surface area contributed by atoms with Gasteiger partial charge in [-0.2, -0.15) is 5.10 Å². The molecule has 25 heavy (non-hydrogen) atoms. The lowest BCUT2D eigenvalue weighted by atomic mass is 9.93. The molecule has 1 unspecified atom stereocenters. The zero-order chi connectivity index (χ0) is 18.8. The number of nitrogens with one attached hydrogen (secondary N) is 1. The predicted octanol–water partition coefficient (Wildman–Crippen LogP) is 2.60. The highest BCUT2D eigenvalue weighted by molar-refractivity contribution is 5.68. The van der Waals surface area contributed by atoms with E-state index in [0.29, 0.717) is 25.3 Å². The van der Waals surface area contributed by atoms with E-state index in [-0.39, 0.29) is 5.69 Å². The zero-order valence-electron chi connectivity index (χ0n) is 15.5. The second kappa shape index (κ2) is 6.89. The molecule has 0 spiro atoms. The van der Waals surface area contributed by atoms with Crippen LogP contribution in [0.15, 0.2) is 6.20 Å². The molecule has 0 aliphatic carbocycles. The molecule has 0 bridgehead atoms. The molecule has 9 heteroatoms. The molecule has 1 saturated heterocycles. The summed E-state index contributed by atoms with van der Waals surface area (Å²) in [6, 6.07) is 0. The Hall–Kier alpha value is -2.32. The van der Waals surface area contributed by atoms with E-state index in [2.05, 4.69) is 10.4 Å². The lowest BCUT2D eigenvalue weighted by Gasteiger charge is -2.31. The summed E-state index contributed by atoms with van der Waals surface area (Å²) in [5.41, 5.74) is -0.956. The van der Waals surface area contributed by atoms with Gasteiger partial charge in [0.05, 0.1) is 4.92 Å². The molecule has 1 fully saturated rings. The van der Waals surface area contributed by atoms with Gasteiger partial charge in [0.1, 0.15) is 11.8 Å². The van der Waals surface area contributed by atoms with Crippen LogP contribution >= 0.6 is 0 Å². The smallest absolute Gasteiger partial charge is 0.408 e. The third kappa shape index (κ3) is 4.83. The molecule has 0 radical (unpaired) electrons. The van der Waals surface area contributed by atoms with Crippen molar-refractivity contribution in [1.29, 1.82) is 0 Å². The summed E-state index contributed by atoms with van der Waals surface area (Å²) in [6.07, 6.45) is 3.07. The van der Waals surface area contributed by atoms with Gasteiger partial charge in [-0.25, -0.2) is 9.48 Å². The maximum Gasteiger partial charge on any atom is 0.408 e. The van der Waals surface area contributed by atoms with Gasteiger partial charge in [-0.3, -0.25) is 10.1 Å². The van der Waals surface area contributed by atoms with E-state index in [0.717, 1.165) is 12.8 Å². The molecular weight excluding hydrogens is 326 g/mol. The summed E-state index contributed by atoms with van der Waals surface area (Å²) >= 11 is 0. The minimum atomic E-state index is -0.549. The summed E-state index contributed by atoms with van der Waals surface area (Å²) in [5, 5.41) is 18.2. The fourth-order valence-electron chi connectivity index (χ4n) is 3.08. The molecule has 1 aliphatic rings. The summed E-state index contributed by atoms with van der Waals surface area (Å²) in [7, 11) is 1.70. The van der Waals surface area contributed by atoms with Crippen LogP contribution in [0.3, 0.4) is 0 Å². The number of alkyl carbamates (subject to hydrolysis) is 1. The number of amides is 1. The van der Waals surface area contributed by atoms with Crippen LogP contribution in [0.25, 0.3) is 0 Å². The van der Waals surface area contributed by atoms with Crippen molar-refractivity contribution < 1.29 is 14.5 Å². The fourth-order valence-corrected chi connectivity index (χ4v) is 3.08. The average Bonchev–Trinajstić information content (AvgIpc) is 2.72. The second-order valence-corrected chi connectivity index (χ2v) is 7.76. The first kappa shape index (κ1) is 19.0. The van der Waals surface area contributed by atoms with Crippen molar-refractivity contribution in [3.63, 3.8) is 0 Å². The third-order valence-electron chi connectivity index (χ3n) is 4.28. The molecule has 1 aliphatic heterocycles. The Balaban J connectivity index is 2.08. The fraction of sp³-hybridized carbons (Fsp3) is 0.750. The van der Waals surface area contributed by atoms with Gasteiger partial charge in [0.2, 0.25) is 5.82 Å². The molecule has 1 atom stereocenters. The Morgan fingerprint density at radius 1 is 1.40 bits per heavy atom. The number of anilines is 1. The van der Waals surface area contributed by atoms with E-state index >= 15 is 0 Å². The number of nitrogens with zero attached hydrogens (tertiary/aromatic N) is 4. The molecule has 1 amide bonds. The van der Waals surface area contributed by atoms with E-state index in [9.17, 15) is 14.9 Å². The third-order valence-corrected chi connectivity index (χ3v) is 4.28. The number of aryl methyl sites for hydroxylation is 1. The number of nitro groups is 1. The topological polar surface area (TPSA) is 103 Å². The van der Waals surface area contributed by atoms with Crippen molar-refractivity contribution in [3.05, 3.63) is 16.3 Å². The minimum Gasteiger partial charge on any atom is -0.444 e. The number of hydrogen-bond acceptors (Lipinski definition) is 6. The Morgan fingerprint density at radius 3 is 2.68 bits per heavy atom. The highest BCUT2D eigenvalue weighted by Crippen LogP contribution is 2.31. The van der Waals surface area contributed by atoms with Gasteiger partial charge in [-0.05, 0) is 47.0 Å². The largest absolute Gasteiger partial charge is 0.444 e. The summed E-state index contributed by atoms with van der Waals surface area (Å²) < 4.78 is 6.88. The number of rotatable bonds is 3.